The highest BCUT2D eigenvalue weighted by atomic mass is 16.3. The summed E-state index contributed by atoms with van der Waals surface area (Å²) in [6.45, 7) is 8.29. The van der Waals surface area contributed by atoms with Crippen LogP contribution in [0.3, 0.4) is 0 Å². The lowest BCUT2D eigenvalue weighted by Crippen LogP contribution is -2.46. The average molecular weight is 275 g/mol. The molecule has 0 saturated carbocycles. The van der Waals surface area contributed by atoms with E-state index in [2.05, 4.69) is 34.8 Å². The molecule has 110 valence electrons. The monoisotopic (exact) mass is 275 g/mol. The predicted molar refractivity (Wildman–Crippen MR) is 81.8 cm³/mol. The largest absolute Gasteiger partial charge is 0.396 e. The van der Waals surface area contributed by atoms with Crippen molar-refractivity contribution in [1.29, 1.82) is 0 Å². The molecule has 2 rings (SSSR count). The van der Waals surface area contributed by atoms with E-state index in [1.807, 2.05) is 6.92 Å². The first-order valence-electron chi connectivity index (χ1n) is 7.33. The number of piperidine rings is 1. The summed E-state index contributed by atoms with van der Waals surface area (Å²) in [7, 11) is 0. The Balaban J connectivity index is 2.18. The van der Waals surface area contributed by atoms with Gasteiger partial charge in [-0.25, -0.2) is 4.98 Å². The normalized spacial score (nSPS) is 22.7. The molecule has 1 aliphatic rings. The number of nitrogens with zero attached hydrogens (tertiary/aromatic N) is 3. The van der Waals surface area contributed by atoms with Crippen molar-refractivity contribution in [2.24, 2.45) is 5.41 Å². The summed E-state index contributed by atoms with van der Waals surface area (Å²) in [5.41, 5.74) is 2.23. The van der Waals surface area contributed by atoms with Gasteiger partial charge in [0.05, 0.1) is 12.3 Å². The number of aryl methyl sites for hydroxylation is 1. The standard InChI is InChI=1S/C16H25N3O/c1-13(2)5-7-16(12-20)6-4-10-19(11-16)15-14(3)17-8-9-18-15/h5,8-9,20H,4,6-7,10-12H2,1-3H3/t16-/m0/s1. The minimum absolute atomic E-state index is 0.0422. The molecule has 0 bridgehead atoms. The zero-order valence-corrected chi connectivity index (χ0v) is 12.8. The van der Waals surface area contributed by atoms with Crippen LogP contribution < -0.4 is 4.90 Å². The quantitative estimate of drug-likeness (QED) is 0.858. The molecular weight excluding hydrogens is 250 g/mol. The molecule has 1 aromatic heterocycles. The summed E-state index contributed by atoms with van der Waals surface area (Å²) in [5, 5.41) is 9.90. The lowest BCUT2D eigenvalue weighted by Gasteiger charge is -2.42. The minimum Gasteiger partial charge on any atom is -0.396 e. The fourth-order valence-electron chi connectivity index (χ4n) is 2.88. The van der Waals surface area contributed by atoms with Gasteiger partial charge in [0.15, 0.2) is 0 Å². The number of anilines is 1. The SMILES string of the molecule is CC(C)=CC[C@@]1(CO)CCCN(c2nccnc2C)C1. The Labute approximate surface area is 121 Å². The molecule has 1 saturated heterocycles. The first-order valence-corrected chi connectivity index (χ1v) is 7.33. The zero-order valence-electron chi connectivity index (χ0n) is 12.8. The smallest absolute Gasteiger partial charge is 0.150 e. The topological polar surface area (TPSA) is 49.2 Å². The van der Waals surface area contributed by atoms with Crippen LogP contribution in [0, 0.1) is 12.3 Å². The van der Waals surface area contributed by atoms with E-state index < -0.39 is 0 Å². The van der Waals surface area contributed by atoms with Crippen LogP contribution in [0.15, 0.2) is 24.0 Å². The van der Waals surface area contributed by atoms with Gasteiger partial charge in [0, 0.05) is 30.9 Å². The Morgan fingerprint density at radius 3 is 2.80 bits per heavy atom. The van der Waals surface area contributed by atoms with Gasteiger partial charge in [-0.3, -0.25) is 4.98 Å². The van der Waals surface area contributed by atoms with Gasteiger partial charge >= 0.3 is 0 Å². The Hall–Kier alpha value is -1.42. The third-order valence-electron chi connectivity index (χ3n) is 4.09. The molecule has 4 nitrogen and oxygen atoms in total. The summed E-state index contributed by atoms with van der Waals surface area (Å²) in [4.78, 5) is 11.1. The van der Waals surface area contributed by atoms with Crippen LogP contribution in [-0.4, -0.2) is 34.8 Å². The van der Waals surface area contributed by atoms with Crippen LogP contribution in [0.5, 0.6) is 0 Å². The van der Waals surface area contributed by atoms with Crippen molar-refractivity contribution in [3.8, 4) is 0 Å². The summed E-state index contributed by atoms with van der Waals surface area (Å²) in [5.74, 6) is 0.960. The predicted octanol–water partition coefficient (Wildman–Crippen LogP) is 2.72. The van der Waals surface area contributed by atoms with E-state index in [4.69, 9.17) is 0 Å². The second kappa shape index (κ2) is 6.35. The molecule has 0 radical (unpaired) electrons. The molecule has 0 amide bonds. The second-order valence-electron chi connectivity index (χ2n) is 6.13. The number of aliphatic hydroxyl groups is 1. The molecule has 0 spiro atoms. The van der Waals surface area contributed by atoms with E-state index in [9.17, 15) is 5.11 Å². The van der Waals surface area contributed by atoms with Gasteiger partial charge in [-0.15, -0.1) is 0 Å². The van der Waals surface area contributed by atoms with Gasteiger partial charge in [-0.05, 0) is 40.0 Å². The van der Waals surface area contributed by atoms with Crippen LogP contribution in [-0.2, 0) is 0 Å². The maximum Gasteiger partial charge on any atom is 0.150 e. The van der Waals surface area contributed by atoms with Crippen LogP contribution in [0.25, 0.3) is 0 Å². The van der Waals surface area contributed by atoms with Gasteiger partial charge in [-0.2, -0.15) is 0 Å². The Morgan fingerprint density at radius 2 is 2.15 bits per heavy atom. The van der Waals surface area contributed by atoms with Crippen molar-refractivity contribution >= 4 is 5.82 Å². The first kappa shape index (κ1) is 15.0. The molecule has 0 aliphatic carbocycles. The van der Waals surface area contributed by atoms with Crippen LogP contribution >= 0.6 is 0 Å². The number of rotatable bonds is 4. The molecule has 1 aromatic rings. The molecule has 1 N–H and O–H groups in total. The Morgan fingerprint density at radius 1 is 1.40 bits per heavy atom. The van der Waals surface area contributed by atoms with Crippen molar-refractivity contribution in [3.63, 3.8) is 0 Å². The second-order valence-corrected chi connectivity index (χ2v) is 6.13. The van der Waals surface area contributed by atoms with E-state index in [1.165, 1.54) is 5.57 Å². The fraction of sp³-hybridized carbons (Fsp3) is 0.625. The van der Waals surface area contributed by atoms with Crippen LogP contribution in [0.4, 0.5) is 5.82 Å². The van der Waals surface area contributed by atoms with Crippen LogP contribution in [0.1, 0.15) is 38.8 Å². The number of hydrogen-bond acceptors (Lipinski definition) is 4. The summed E-state index contributed by atoms with van der Waals surface area (Å²) < 4.78 is 0. The van der Waals surface area contributed by atoms with Gasteiger partial charge in [0.25, 0.3) is 0 Å². The maximum absolute atomic E-state index is 9.90. The highest BCUT2D eigenvalue weighted by molar-refractivity contribution is 5.43. The fourth-order valence-corrected chi connectivity index (χ4v) is 2.88. The minimum atomic E-state index is -0.0422. The van der Waals surface area contributed by atoms with Crippen molar-refractivity contribution < 1.29 is 5.11 Å². The van der Waals surface area contributed by atoms with Gasteiger partial charge in [0.2, 0.25) is 0 Å². The summed E-state index contributed by atoms with van der Waals surface area (Å²) in [6, 6.07) is 0. The molecule has 2 heterocycles. The van der Waals surface area contributed by atoms with Crippen LogP contribution in [0.2, 0.25) is 0 Å². The van der Waals surface area contributed by atoms with E-state index in [0.29, 0.717) is 0 Å². The Kier molecular flexibility index (Phi) is 4.76. The summed E-state index contributed by atoms with van der Waals surface area (Å²) in [6.07, 6.45) is 8.81. The maximum atomic E-state index is 9.90. The number of hydrogen-bond donors (Lipinski definition) is 1. The zero-order chi connectivity index (χ0) is 14.6. The molecule has 1 atom stereocenters. The lowest BCUT2D eigenvalue weighted by atomic mass is 9.77. The van der Waals surface area contributed by atoms with E-state index in [1.54, 1.807) is 12.4 Å². The van der Waals surface area contributed by atoms with E-state index in [-0.39, 0.29) is 12.0 Å². The molecule has 0 unspecified atom stereocenters. The molecule has 0 aromatic carbocycles. The van der Waals surface area contributed by atoms with Gasteiger partial charge < -0.3 is 10.0 Å². The van der Waals surface area contributed by atoms with Gasteiger partial charge in [-0.1, -0.05) is 11.6 Å². The molecule has 1 fully saturated rings. The summed E-state index contributed by atoms with van der Waals surface area (Å²) >= 11 is 0. The highest BCUT2D eigenvalue weighted by Gasteiger charge is 2.35. The van der Waals surface area contributed by atoms with Crippen molar-refractivity contribution in [1.82, 2.24) is 9.97 Å². The van der Waals surface area contributed by atoms with Gasteiger partial charge in [0.1, 0.15) is 5.82 Å². The molecular formula is C16H25N3O. The third-order valence-corrected chi connectivity index (χ3v) is 4.09. The number of aliphatic hydroxyl groups excluding tert-OH is 1. The number of allylic oxidation sites excluding steroid dienone is 2. The van der Waals surface area contributed by atoms with E-state index in [0.717, 1.165) is 43.9 Å². The molecule has 1 aliphatic heterocycles. The third kappa shape index (κ3) is 3.37. The lowest BCUT2D eigenvalue weighted by molar-refractivity contribution is 0.107. The van der Waals surface area contributed by atoms with Crippen molar-refractivity contribution in [3.05, 3.63) is 29.7 Å². The number of aromatic nitrogens is 2. The average Bonchev–Trinajstić information content (AvgIpc) is 2.46. The van der Waals surface area contributed by atoms with Crippen molar-refractivity contribution in [2.75, 3.05) is 24.6 Å². The Bertz CT molecular complexity index is 482. The first-order chi connectivity index (χ1) is 9.56. The molecule has 20 heavy (non-hydrogen) atoms. The molecule has 4 heteroatoms. The van der Waals surface area contributed by atoms with Crippen molar-refractivity contribution in [2.45, 2.75) is 40.0 Å². The van der Waals surface area contributed by atoms with E-state index >= 15 is 0 Å². The highest BCUT2D eigenvalue weighted by Crippen LogP contribution is 2.35.